The van der Waals surface area contributed by atoms with Crippen LogP contribution in [0.5, 0.6) is 0 Å². The number of primary amides is 1. The number of rotatable bonds is 8. The Morgan fingerprint density at radius 3 is 2.55 bits per heavy atom. The third-order valence-electron chi connectivity index (χ3n) is 6.88. The van der Waals surface area contributed by atoms with E-state index in [1.54, 1.807) is 6.92 Å². The van der Waals surface area contributed by atoms with E-state index in [1.807, 2.05) is 31.2 Å². The summed E-state index contributed by atoms with van der Waals surface area (Å²) in [5.41, 5.74) is 13.2. The lowest BCUT2D eigenvalue weighted by molar-refractivity contribution is -0.163. The number of carbonyl (C=O) groups is 3. The number of β-lactam (4-membered cyclic amide) rings is 1. The Labute approximate surface area is 196 Å². The zero-order valence-electron chi connectivity index (χ0n) is 18.6. The maximum atomic E-state index is 12.5. The zero-order valence-corrected chi connectivity index (χ0v) is 19.4. The lowest BCUT2D eigenvalue weighted by Crippen LogP contribution is -2.63. The average Bonchev–Trinajstić information content (AvgIpc) is 3.30. The van der Waals surface area contributed by atoms with Crippen LogP contribution in [0.4, 0.5) is 0 Å². The van der Waals surface area contributed by atoms with Crippen LogP contribution in [0.2, 0.25) is 0 Å². The van der Waals surface area contributed by atoms with Crippen molar-refractivity contribution in [3.8, 4) is 0 Å². The van der Waals surface area contributed by atoms with Gasteiger partial charge >= 0.3 is 5.97 Å². The van der Waals surface area contributed by atoms with Gasteiger partial charge in [0.1, 0.15) is 5.70 Å². The fourth-order valence-corrected chi connectivity index (χ4v) is 6.69. The van der Waals surface area contributed by atoms with Gasteiger partial charge in [-0.25, -0.2) is 4.79 Å². The number of benzene rings is 1. The number of aliphatic carboxylic acids is 1. The van der Waals surface area contributed by atoms with Crippen molar-refractivity contribution in [3.63, 3.8) is 0 Å². The Morgan fingerprint density at radius 2 is 1.97 bits per heavy atom. The lowest BCUT2D eigenvalue weighted by atomic mass is 9.79. The first-order chi connectivity index (χ1) is 15.6. The molecular formula is C23H30N4O5S. The largest absolute Gasteiger partial charge is 0.477 e. The van der Waals surface area contributed by atoms with Crippen LogP contribution in [0.1, 0.15) is 49.9 Å². The van der Waals surface area contributed by atoms with Gasteiger partial charge in [-0.1, -0.05) is 31.2 Å². The van der Waals surface area contributed by atoms with Crippen molar-refractivity contribution in [2.24, 2.45) is 23.3 Å². The van der Waals surface area contributed by atoms with Gasteiger partial charge in [0, 0.05) is 41.1 Å². The summed E-state index contributed by atoms with van der Waals surface area (Å²) in [4.78, 5) is 37.7. The summed E-state index contributed by atoms with van der Waals surface area (Å²) in [5.74, 6) is -2.54. The van der Waals surface area contributed by atoms with E-state index in [9.17, 15) is 24.6 Å². The number of carbonyl (C=O) groups excluding carboxylic acids is 2. The number of amides is 2. The van der Waals surface area contributed by atoms with Crippen molar-refractivity contribution < 1.29 is 24.6 Å². The fourth-order valence-electron chi connectivity index (χ4n) is 5.22. The third kappa shape index (κ3) is 4.28. The molecule has 0 radical (unpaired) electrons. The maximum absolute atomic E-state index is 12.5. The van der Waals surface area contributed by atoms with E-state index in [4.69, 9.17) is 11.5 Å². The van der Waals surface area contributed by atoms with Gasteiger partial charge in [0.2, 0.25) is 11.8 Å². The first-order valence-electron chi connectivity index (χ1n) is 11.1. The molecule has 3 aliphatic heterocycles. The SMILES string of the molecule is C[C@@H](O)C1C(=O)N2C(C(=O)O)=C(S[C@@H]3CN[C@@H](c4ccc([C@@H](N)CC(N)=O)cc4)C3)[C@H](C)C12. The van der Waals surface area contributed by atoms with Crippen LogP contribution in [-0.2, 0) is 14.4 Å². The first-order valence-corrected chi connectivity index (χ1v) is 12.0. The van der Waals surface area contributed by atoms with Gasteiger partial charge in [-0.2, -0.15) is 0 Å². The number of carboxylic acid groups (broad SMARTS) is 1. The number of fused-ring (bicyclic) bond motifs is 1. The average molecular weight is 475 g/mol. The second-order valence-corrected chi connectivity index (χ2v) is 10.5. The fraction of sp³-hybridized carbons (Fsp3) is 0.522. The molecule has 9 nitrogen and oxygen atoms in total. The minimum atomic E-state index is -1.10. The highest BCUT2D eigenvalue weighted by molar-refractivity contribution is 8.03. The number of aliphatic hydroxyl groups is 1. The van der Waals surface area contributed by atoms with Crippen LogP contribution in [0.3, 0.4) is 0 Å². The molecule has 0 bridgehead atoms. The summed E-state index contributed by atoms with van der Waals surface area (Å²) < 4.78 is 0. The van der Waals surface area contributed by atoms with Crippen LogP contribution in [0, 0.1) is 11.8 Å². The molecule has 3 aliphatic rings. The standard InChI is InChI=1S/C23H30N4O5S/c1-10-19-18(11(2)28)22(30)27(19)20(23(31)32)21(10)33-14-7-16(26-9-14)13-5-3-12(4-6-13)15(24)8-17(25)29/h3-6,10-11,14-16,18-19,26,28H,7-9,24H2,1-2H3,(H2,25,29)(H,31,32)/t10-,11-,14+,15+,16-,18?,19?/m1/s1. The summed E-state index contributed by atoms with van der Waals surface area (Å²) in [5, 5.41) is 23.5. The van der Waals surface area contributed by atoms with E-state index in [0.29, 0.717) is 11.4 Å². The zero-order chi connectivity index (χ0) is 24.0. The molecule has 178 valence electrons. The smallest absolute Gasteiger partial charge is 0.353 e. The van der Waals surface area contributed by atoms with Crippen LogP contribution < -0.4 is 16.8 Å². The van der Waals surface area contributed by atoms with Crippen molar-refractivity contribution in [2.45, 2.75) is 56.2 Å². The predicted octanol–water partition coefficient (Wildman–Crippen LogP) is 0.852. The number of hydrogen-bond donors (Lipinski definition) is 5. The summed E-state index contributed by atoms with van der Waals surface area (Å²) in [6.07, 6.45) is 0.0890. The molecule has 2 unspecified atom stereocenters. The molecule has 2 amide bonds. The highest BCUT2D eigenvalue weighted by Crippen LogP contribution is 2.52. The number of aliphatic hydroxyl groups excluding tert-OH is 1. The molecule has 0 aliphatic carbocycles. The van der Waals surface area contributed by atoms with Gasteiger partial charge in [-0.05, 0) is 24.5 Å². The molecule has 7 N–H and O–H groups in total. The monoisotopic (exact) mass is 474 g/mol. The van der Waals surface area contributed by atoms with Gasteiger partial charge in [-0.15, -0.1) is 11.8 Å². The molecule has 0 aromatic heterocycles. The van der Waals surface area contributed by atoms with E-state index in [0.717, 1.165) is 17.5 Å². The summed E-state index contributed by atoms with van der Waals surface area (Å²) in [6, 6.07) is 7.16. The van der Waals surface area contributed by atoms with E-state index in [1.165, 1.54) is 16.7 Å². The minimum Gasteiger partial charge on any atom is -0.477 e. The topological polar surface area (TPSA) is 159 Å². The lowest BCUT2D eigenvalue weighted by Gasteiger charge is -2.46. The van der Waals surface area contributed by atoms with Crippen molar-refractivity contribution in [3.05, 3.63) is 46.0 Å². The van der Waals surface area contributed by atoms with Crippen LogP contribution in [0.15, 0.2) is 34.9 Å². The summed E-state index contributed by atoms with van der Waals surface area (Å²) in [6.45, 7) is 4.22. The molecule has 3 heterocycles. The minimum absolute atomic E-state index is 0.0654. The first kappa shape index (κ1) is 23.7. The molecule has 0 saturated carbocycles. The highest BCUT2D eigenvalue weighted by Gasteiger charge is 2.60. The van der Waals surface area contributed by atoms with Crippen LogP contribution >= 0.6 is 11.8 Å². The molecule has 2 saturated heterocycles. The predicted molar refractivity (Wildman–Crippen MR) is 124 cm³/mol. The van der Waals surface area contributed by atoms with Crippen molar-refractivity contribution in [2.75, 3.05) is 6.54 Å². The maximum Gasteiger partial charge on any atom is 0.353 e. The third-order valence-corrected chi connectivity index (χ3v) is 8.39. The number of thioether (sulfide) groups is 1. The number of nitrogens with one attached hydrogen (secondary N) is 1. The van der Waals surface area contributed by atoms with E-state index in [-0.39, 0.29) is 41.3 Å². The van der Waals surface area contributed by atoms with Crippen LogP contribution in [0.25, 0.3) is 0 Å². The summed E-state index contributed by atoms with van der Waals surface area (Å²) >= 11 is 1.53. The molecule has 10 heteroatoms. The Morgan fingerprint density at radius 1 is 1.30 bits per heavy atom. The van der Waals surface area contributed by atoms with Gasteiger partial charge in [0.25, 0.3) is 0 Å². The molecule has 0 spiro atoms. The summed E-state index contributed by atoms with van der Waals surface area (Å²) in [7, 11) is 0. The van der Waals surface area contributed by atoms with Crippen LogP contribution in [-0.4, -0.2) is 56.8 Å². The second kappa shape index (κ2) is 9.09. The van der Waals surface area contributed by atoms with E-state index in [2.05, 4.69) is 5.32 Å². The normalized spacial score (nSPS) is 30.7. The molecule has 7 atom stereocenters. The number of nitrogens with two attached hydrogens (primary N) is 2. The van der Waals surface area contributed by atoms with Crippen molar-refractivity contribution >= 4 is 29.5 Å². The molecule has 1 aromatic rings. The molecule has 2 fully saturated rings. The van der Waals surface area contributed by atoms with E-state index >= 15 is 0 Å². The van der Waals surface area contributed by atoms with Crippen molar-refractivity contribution in [1.29, 1.82) is 0 Å². The Kier molecular flexibility index (Phi) is 6.54. The molecule has 4 rings (SSSR count). The van der Waals surface area contributed by atoms with Gasteiger partial charge < -0.3 is 31.9 Å². The van der Waals surface area contributed by atoms with Gasteiger partial charge in [0.15, 0.2) is 0 Å². The number of carboxylic acids is 1. The Hall–Kier alpha value is -2.40. The Balaban J connectivity index is 1.44. The molecule has 33 heavy (non-hydrogen) atoms. The number of nitrogens with zero attached hydrogens (tertiary/aromatic N) is 1. The van der Waals surface area contributed by atoms with E-state index < -0.39 is 29.9 Å². The van der Waals surface area contributed by atoms with Crippen molar-refractivity contribution in [1.82, 2.24) is 10.2 Å². The Bertz CT molecular complexity index is 995. The highest BCUT2D eigenvalue weighted by atomic mass is 32.2. The molecule has 1 aromatic carbocycles. The molecular weight excluding hydrogens is 444 g/mol. The van der Waals surface area contributed by atoms with Gasteiger partial charge in [0.05, 0.1) is 18.1 Å². The van der Waals surface area contributed by atoms with Gasteiger partial charge in [-0.3, -0.25) is 9.59 Å². The second-order valence-electron chi connectivity index (χ2n) is 9.15. The number of hydrogen-bond acceptors (Lipinski definition) is 7. The quantitative estimate of drug-likeness (QED) is 0.347.